The number of nitrogens with zero attached hydrogens (tertiary/aromatic N) is 4. The Morgan fingerprint density at radius 3 is 2.59 bits per heavy atom. The zero-order valence-corrected chi connectivity index (χ0v) is 13.5. The van der Waals surface area contributed by atoms with Gasteiger partial charge in [-0.15, -0.1) is 0 Å². The highest BCUT2D eigenvalue weighted by Gasteiger charge is 2.20. The maximum absolute atomic E-state index is 12.2. The van der Waals surface area contributed by atoms with Crippen molar-refractivity contribution in [3.05, 3.63) is 27.2 Å². The van der Waals surface area contributed by atoms with Crippen LogP contribution in [0.5, 0.6) is 0 Å². The first-order valence-electron chi connectivity index (χ1n) is 7.81. The standard InChI is InChI=1S/C16H24N4O2/c1-11-4-6-19(7-5-11)9-14(21)10-20-16(22)15(8-17)12(2)13(3)18-20/h11,14,21H,4-7,9-10H2,1-3H3/t14-/m1/s1. The Kier molecular flexibility index (Phi) is 5.33. The van der Waals surface area contributed by atoms with Crippen molar-refractivity contribution in [3.63, 3.8) is 0 Å². The number of aliphatic hydroxyl groups is 1. The number of aryl methyl sites for hydroxylation is 1. The Bertz CT molecular complexity index is 624. The number of hydrogen-bond donors (Lipinski definition) is 1. The number of hydrogen-bond acceptors (Lipinski definition) is 5. The Morgan fingerprint density at radius 1 is 1.36 bits per heavy atom. The fourth-order valence-corrected chi connectivity index (χ4v) is 2.83. The molecule has 120 valence electrons. The lowest BCUT2D eigenvalue weighted by molar-refractivity contribution is 0.0765. The van der Waals surface area contributed by atoms with Crippen LogP contribution in [0, 0.1) is 31.1 Å². The summed E-state index contributed by atoms with van der Waals surface area (Å²) in [5, 5.41) is 23.6. The summed E-state index contributed by atoms with van der Waals surface area (Å²) in [6.45, 7) is 8.36. The minimum Gasteiger partial charge on any atom is -0.390 e. The molecule has 0 bridgehead atoms. The van der Waals surface area contributed by atoms with Gasteiger partial charge in [-0.2, -0.15) is 10.4 Å². The largest absolute Gasteiger partial charge is 0.390 e. The second-order valence-corrected chi connectivity index (χ2v) is 6.32. The van der Waals surface area contributed by atoms with Crippen LogP contribution in [-0.2, 0) is 6.54 Å². The molecule has 0 saturated carbocycles. The summed E-state index contributed by atoms with van der Waals surface area (Å²) < 4.78 is 1.22. The predicted molar refractivity (Wildman–Crippen MR) is 83.5 cm³/mol. The number of piperidine rings is 1. The fourth-order valence-electron chi connectivity index (χ4n) is 2.83. The lowest BCUT2D eigenvalue weighted by Gasteiger charge is -2.31. The SMILES string of the molecule is Cc1nn(C[C@H](O)CN2CCC(C)CC2)c(=O)c(C#N)c1C. The van der Waals surface area contributed by atoms with E-state index in [1.807, 2.05) is 6.07 Å². The summed E-state index contributed by atoms with van der Waals surface area (Å²) in [7, 11) is 0. The van der Waals surface area contributed by atoms with Crippen LogP contribution >= 0.6 is 0 Å². The molecule has 1 atom stereocenters. The Labute approximate surface area is 131 Å². The summed E-state index contributed by atoms with van der Waals surface area (Å²) in [6, 6.07) is 1.94. The predicted octanol–water partition coefficient (Wildman–Crippen LogP) is 0.825. The lowest BCUT2D eigenvalue weighted by Crippen LogP contribution is -2.41. The quantitative estimate of drug-likeness (QED) is 0.890. The van der Waals surface area contributed by atoms with Crippen molar-refractivity contribution in [1.82, 2.24) is 14.7 Å². The molecule has 6 nitrogen and oxygen atoms in total. The van der Waals surface area contributed by atoms with Crippen molar-refractivity contribution >= 4 is 0 Å². The third kappa shape index (κ3) is 3.73. The maximum atomic E-state index is 12.2. The molecule has 1 aromatic heterocycles. The Hall–Kier alpha value is -1.71. The third-order valence-electron chi connectivity index (χ3n) is 4.48. The highest BCUT2D eigenvalue weighted by Crippen LogP contribution is 2.16. The van der Waals surface area contributed by atoms with E-state index in [1.165, 1.54) is 4.68 Å². The summed E-state index contributed by atoms with van der Waals surface area (Å²) >= 11 is 0. The highest BCUT2D eigenvalue weighted by atomic mass is 16.3. The van der Waals surface area contributed by atoms with Gasteiger partial charge >= 0.3 is 0 Å². The van der Waals surface area contributed by atoms with E-state index in [-0.39, 0.29) is 12.1 Å². The topological polar surface area (TPSA) is 82.2 Å². The zero-order chi connectivity index (χ0) is 16.3. The second kappa shape index (κ2) is 7.03. The molecule has 1 aliphatic rings. The molecule has 2 rings (SSSR count). The first kappa shape index (κ1) is 16.7. The van der Waals surface area contributed by atoms with Crippen molar-refractivity contribution in [2.75, 3.05) is 19.6 Å². The monoisotopic (exact) mass is 304 g/mol. The van der Waals surface area contributed by atoms with Gasteiger partial charge in [0.15, 0.2) is 0 Å². The molecule has 1 aliphatic heterocycles. The van der Waals surface area contributed by atoms with E-state index in [2.05, 4.69) is 16.9 Å². The van der Waals surface area contributed by atoms with Gasteiger partial charge in [-0.05, 0) is 51.3 Å². The number of aromatic nitrogens is 2. The molecule has 2 heterocycles. The number of β-amino-alcohol motifs (C(OH)–C–C–N with tert-alkyl or cyclic N) is 1. The molecule has 0 aromatic carbocycles. The van der Waals surface area contributed by atoms with Crippen LogP contribution in [0.15, 0.2) is 4.79 Å². The van der Waals surface area contributed by atoms with Gasteiger partial charge in [-0.3, -0.25) is 4.79 Å². The molecule has 1 saturated heterocycles. The van der Waals surface area contributed by atoms with Gasteiger partial charge in [0.1, 0.15) is 11.6 Å². The zero-order valence-electron chi connectivity index (χ0n) is 13.5. The van der Waals surface area contributed by atoms with Gasteiger partial charge in [-0.25, -0.2) is 4.68 Å². The summed E-state index contributed by atoms with van der Waals surface area (Å²) in [5.74, 6) is 0.746. The van der Waals surface area contributed by atoms with E-state index in [0.717, 1.165) is 31.8 Å². The Morgan fingerprint density at radius 2 is 2.00 bits per heavy atom. The summed E-state index contributed by atoms with van der Waals surface area (Å²) in [4.78, 5) is 14.4. The summed E-state index contributed by atoms with van der Waals surface area (Å²) in [5.41, 5.74) is 0.960. The van der Waals surface area contributed by atoms with Crippen molar-refractivity contribution in [1.29, 1.82) is 5.26 Å². The molecule has 0 amide bonds. The third-order valence-corrected chi connectivity index (χ3v) is 4.48. The maximum Gasteiger partial charge on any atom is 0.285 e. The fraction of sp³-hybridized carbons (Fsp3) is 0.688. The molecule has 1 fully saturated rings. The van der Waals surface area contributed by atoms with Crippen molar-refractivity contribution in [2.24, 2.45) is 5.92 Å². The molecule has 6 heteroatoms. The van der Waals surface area contributed by atoms with Crippen LogP contribution in [-0.4, -0.2) is 45.5 Å². The second-order valence-electron chi connectivity index (χ2n) is 6.32. The van der Waals surface area contributed by atoms with Crippen molar-refractivity contribution in [3.8, 4) is 6.07 Å². The molecule has 1 aromatic rings. The van der Waals surface area contributed by atoms with Crippen LogP contribution in [0.2, 0.25) is 0 Å². The van der Waals surface area contributed by atoms with Crippen LogP contribution in [0.25, 0.3) is 0 Å². The van der Waals surface area contributed by atoms with Gasteiger partial charge in [0.05, 0.1) is 18.3 Å². The molecule has 0 unspecified atom stereocenters. The van der Waals surface area contributed by atoms with Crippen LogP contribution < -0.4 is 5.56 Å². The first-order valence-corrected chi connectivity index (χ1v) is 7.81. The Balaban J connectivity index is 2.06. The van der Waals surface area contributed by atoms with Crippen molar-refractivity contribution in [2.45, 2.75) is 46.3 Å². The van der Waals surface area contributed by atoms with E-state index in [0.29, 0.717) is 17.8 Å². The summed E-state index contributed by atoms with van der Waals surface area (Å²) in [6.07, 6.45) is 1.63. The van der Waals surface area contributed by atoms with Crippen LogP contribution in [0.3, 0.4) is 0 Å². The van der Waals surface area contributed by atoms with Gasteiger partial charge in [0, 0.05) is 6.54 Å². The minimum atomic E-state index is -0.660. The number of likely N-dealkylation sites (tertiary alicyclic amines) is 1. The van der Waals surface area contributed by atoms with Crippen molar-refractivity contribution < 1.29 is 5.11 Å². The van der Waals surface area contributed by atoms with Crippen LogP contribution in [0.4, 0.5) is 0 Å². The average molecular weight is 304 g/mol. The molecular formula is C16H24N4O2. The minimum absolute atomic E-state index is 0.117. The first-order chi connectivity index (χ1) is 10.4. The van der Waals surface area contributed by atoms with Gasteiger partial charge in [0.25, 0.3) is 5.56 Å². The van der Waals surface area contributed by atoms with Crippen LogP contribution in [0.1, 0.15) is 36.6 Å². The van der Waals surface area contributed by atoms with E-state index < -0.39 is 11.7 Å². The highest BCUT2D eigenvalue weighted by molar-refractivity contribution is 5.36. The van der Waals surface area contributed by atoms with Gasteiger partial charge in [0.2, 0.25) is 0 Å². The van der Waals surface area contributed by atoms with Gasteiger partial charge in [-0.1, -0.05) is 6.92 Å². The lowest BCUT2D eigenvalue weighted by atomic mass is 9.99. The molecule has 0 aliphatic carbocycles. The number of aliphatic hydroxyl groups excluding tert-OH is 1. The normalized spacial score (nSPS) is 18.1. The molecule has 0 radical (unpaired) electrons. The van der Waals surface area contributed by atoms with E-state index in [1.54, 1.807) is 13.8 Å². The number of nitriles is 1. The van der Waals surface area contributed by atoms with Gasteiger partial charge < -0.3 is 10.0 Å². The smallest absolute Gasteiger partial charge is 0.285 e. The van der Waals surface area contributed by atoms with E-state index in [9.17, 15) is 9.90 Å². The number of rotatable bonds is 4. The molecular weight excluding hydrogens is 280 g/mol. The molecule has 0 spiro atoms. The average Bonchev–Trinajstić information content (AvgIpc) is 2.48. The molecule has 22 heavy (non-hydrogen) atoms. The van der Waals surface area contributed by atoms with E-state index in [4.69, 9.17) is 5.26 Å². The van der Waals surface area contributed by atoms with E-state index >= 15 is 0 Å². The molecule has 1 N–H and O–H groups in total.